The number of hydrogen-bond donors (Lipinski definition) is 0. The number of Topliss-reactive ketones (excluding diaryl/α,β-unsaturated/α-hetero) is 2. The van der Waals surface area contributed by atoms with Gasteiger partial charge in [-0.3, -0.25) is 9.59 Å². The lowest BCUT2D eigenvalue weighted by atomic mass is 9.69. The second-order valence-electron chi connectivity index (χ2n) is 9.63. The normalized spacial score (nSPS) is 19.4. The summed E-state index contributed by atoms with van der Waals surface area (Å²) in [6, 6.07) is 12.2. The molecule has 0 saturated carbocycles. The van der Waals surface area contributed by atoms with Gasteiger partial charge in [0.05, 0.1) is 32.1 Å². The molecule has 1 aliphatic carbocycles. The Morgan fingerprint density at radius 2 is 1.77 bits per heavy atom. The van der Waals surface area contributed by atoms with Crippen molar-refractivity contribution in [2.45, 2.75) is 38.7 Å². The predicted octanol–water partition coefficient (Wildman–Crippen LogP) is 5.77. The van der Waals surface area contributed by atoms with Gasteiger partial charge < -0.3 is 18.9 Å². The van der Waals surface area contributed by atoms with Gasteiger partial charge in [-0.15, -0.1) is 0 Å². The van der Waals surface area contributed by atoms with Crippen LogP contribution in [0.25, 0.3) is 11.1 Å². The van der Waals surface area contributed by atoms with E-state index < -0.39 is 29.1 Å². The maximum absolute atomic E-state index is 14.5. The van der Waals surface area contributed by atoms with Gasteiger partial charge in [-0.25, -0.2) is 9.78 Å². The second kappa shape index (κ2) is 10.3. The average molecular weight is 550 g/mol. The van der Waals surface area contributed by atoms with Crippen LogP contribution >= 0.6 is 11.6 Å². The topological polar surface area (TPSA) is 101 Å². The summed E-state index contributed by atoms with van der Waals surface area (Å²) in [5.41, 5.74) is 0.123. The van der Waals surface area contributed by atoms with E-state index in [0.29, 0.717) is 16.8 Å². The van der Waals surface area contributed by atoms with E-state index in [-0.39, 0.29) is 52.1 Å². The Kier molecular flexibility index (Phi) is 7.07. The summed E-state index contributed by atoms with van der Waals surface area (Å²) in [6.07, 6.45) is 1.82. The zero-order chi connectivity index (χ0) is 27.9. The largest absolute Gasteiger partial charge is 0.496 e. The van der Waals surface area contributed by atoms with Crippen LogP contribution in [0.3, 0.4) is 0 Å². The SMILES string of the molecule is CCCCOC(=O)c1cc(-c2ccccc2)c2c(n1)C[C@@H](C)[C@]1(Oc3c(Cl)c(OC)cc(OC)c3C1=O)C2=O. The molecule has 2 heterocycles. The monoisotopic (exact) mass is 549 g/mol. The highest BCUT2D eigenvalue weighted by molar-refractivity contribution is 6.36. The molecule has 39 heavy (non-hydrogen) atoms. The highest BCUT2D eigenvalue weighted by atomic mass is 35.5. The first kappa shape index (κ1) is 26.7. The number of unbranched alkanes of at least 4 members (excludes halogenated alkanes) is 1. The summed E-state index contributed by atoms with van der Waals surface area (Å²) in [5, 5.41) is 0.0795. The molecule has 0 amide bonds. The summed E-state index contributed by atoms with van der Waals surface area (Å²) >= 11 is 6.55. The fourth-order valence-electron chi connectivity index (χ4n) is 5.25. The fourth-order valence-corrected chi connectivity index (χ4v) is 5.52. The van der Waals surface area contributed by atoms with E-state index in [9.17, 15) is 14.4 Å². The first-order valence-corrected chi connectivity index (χ1v) is 13.2. The molecule has 2 atom stereocenters. The predicted molar refractivity (Wildman–Crippen MR) is 144 cm³/mol. The minimum Gasteiger partial charge on any atom is -0.496 e. The summed E-state index contributed by atoms with van der Waals surface area (Å²) in [6.45, 7) is 4.03. The fraction of sp³-hybridized carbons (Fsp3) is 0.333. The number of fused-ring (bicyclic) bond motifs is 2. The van der Waals surface area contributed by atoms with Crippen molar-refractivity contribution in [1.82, 2.24) is 4.98 Å². The Labute approximate surface area is 231 Å². The number of halogens is 1. The molecule has 0 unspecified atom stereocenters. The molecular formula is C30H28ClNO7. The maximum Gasteiger partial charge on any atom is 0.356 e. The molecular weight excluding hydrogens is 522 g/mol. The van der Waals surface area contributed by atoms with Crippen LogP contribution in [0.1, 0.15) is 63.6 Å². The summed E-state index contributed by atoms with van der Waals surface area (Å²) in [7, 11) is 2.86. The number of aromatic nitrogens is 1. The van der Waals surface area contributed by atoms with Crippen molar-refractivity contribution in [3.05, 3.63) is 70.0 Å². The van der Waals surface area contributed by atoms with Crippen molar-refractivity contribution in [3.63, 3.8) is 0 Å². The van der Waals surface area contributed by atoms with E-state index in [2.05, 4.69) is 4.98 Å². The summed E-state index contributed by atoms with van der Waals surface area (Å²) in [4.78, 5) is 46.0. The highest BCUT2D eigenvalue weighted by Gasteiger charge is 2.62. The highest BCUT2D eigenvalue weighted by Crippen LogP contribution is 2.54. The van der Waals surface area contributed by atoms with Gasteiger partial charge in [0.2, 0.25) is 17.2 Å². The maximum atomic E-state index is 14.5. The van der Waals surface area contributed by atoms with Gasteiger partial charge in [0.1, 0.15) is 27.8 Å². The molecule has 8 nitrogen and oxygen atoms in total. The number of ether oxygens (including phenoxy) is 4. The van der Waals surface area contributed by atoms with Gasteiger partial charge in [0, 0.05) is 12.0 Å². The van der Waals surface area contributed by atoms with Crippen LogP contribution in [0.5, 0.6) is 17.2 Å². The van der Waals surface area contributed by atoms with Crippen LogP contribution in [0.4, 0.5) is 0 Å². The van der Waals surface area contributed by atoms with E-state index in [1.165, 1.54) is 20.3 Å². The van der Waals surface area contributed by atoms with Crippen LogP contribution in [0, 0.1) is 5.92 Å². The number of carbonyl (C=O) groups is 3. The lowest BCUT2D eigenvalue weighted by Crippen LogP contribution is -2.57. The zero-order valence-corrected chi connectivity index (χ0v) is 22.9. The molecule has 0 N–H and O–H groups in total. The zero-order valence-electron chi connectivity index (χ0n) is 22.1. The van der Waals surface area contributed by atoms with Crippen molar-refractivity contribution in [2.24, 2.45) is 5.92 Å². The van der Waals surface area contributed by atoms with Crippen LogP contribution in [0.15, 0.2) is 42.5 Å². The Balaban J connectivity index is 1.68. The Bertz CT molecular complexity index is 1490. The molecule has 0 radical (unpaired) electrons. The minimum absolute atomic E-state index is 0.0480. The van der Waals surface area contributed by atoms with Crippen molar-refractivity contribution >= 4 is 29.1 Å². The molecule has 1 aliphatic heterocycles. The molecule has 2 aromatic carbocycles. The van der Waals surface area contributed by atoms with Gasteiger partial charge >= 0.3 is 5.97 Å². The number of esters is 1. The Morgan fingerprint density at radius 3 is 2.44 bits per heavy atom. The third kappa shape index (κ3) is 4.14. The molecule has 3 aromatic rings. The third-order valence-corrected chi connectivity index (χ3v) is 7.65. The second-order valence-corrected chi connectivity index (χ2v) is 10.0. The average Bonchev–Trinajstić information content (AvgIpc) is 3.26. The van der Waals surface area contributed by atoms with E-state index >= 15 is 0 Å². The van der Waals surface area contributed by atoms with Crippen LogP contribution in [-0.4, -0.2) is 48.9 Å². The van der Waals surface area contributed by atoms with Gasteiger partial charge in [0.25, 0.3) is 0 Å². The number of nitrogens with zero attached hydrogens (tertiary/aromatic N) is 1. The van der Waals surface area contributed by atoms with Crippen molar-refractivity contribution < 1.29 is 33.3 Å². The van der Waals surface area contributed by atoms with E-state index in [1.54, 1.807) is 13.0 Å². The van der Waals surface area contributed by atoms with Crippen LogP contribution in [0.2, 0.25) is 5.02 Å². The number of carbonyl (C=O) groups excluding carboxylic acids is 3. The first-order chi connectivity index (χ1) is 18.8. The number of methoxy groups -OCH3 is 2. The van der Waals surface area contributed by atoms with Crippen LogP contribution < -0.4 is 14.2 Å². The van der Waals surface area contributed by atoms with E-state index in [1.807, 2.05) is 37.3 Å². The van der Waals surface area contributed by atoms with Crippen molar-refractivity contribution in [2.75, 3.05) is 20.8 Å². The van der Waals surface area contributed by atoms with Crippen molar-refractivity contribution in [1.29, 1.82) is 0 Å². The first-order valence-electron chi connectivity index (χ1n) is 12.8. The lowest BCUT2D eigenvalue weighted by Gasteiger charge is -2.37. The molecule has 5 rings (SSSR count). The summed E-state index contributed by atoms with van der Waals surface area (Å²) < 4.78 is 22.5. The van der Waals surface area contributed by atoms with Gasteiger partial charge in [-0.1, -0.05) is 62.2 Å². The number of benzene rings is 2. The Hall–Kier alpha value is -3.91. The smallest absolute Gasteiger partial charge is 0.356 e. The standard InChI is InChI=1S/C30H28ClNO7/c1-5-6-12-38-29(35)20-14-18(17-10-8-7-9-11-17)23-19(32-20)13-16(2)30(27(23)33)28(34)24-21(36-3)15-22(37-4)25(31)26(24)39-30/h7-11,14-16H,5-6,12-13H2,1-4H3/t16-,30+/m1/s1. The molecule has 202 valence electrons. The minimum atomic E-state index is -1.88. The molecule has 2 aliphatic rings. The van der Waals surface area contributed by atoms with Gasteiger partial charge in [0.15, 0.2) is 5.75 Å². The van der Waals surface area contributed by atoms with Crippen LogP contribution in [-0.2, 0) is 11.2 Å². The number of hydrogen-bond acceptors (Lipinski definition) is 8. The molecule has 9 heteroatoms. The summed E-state index contributed by atoms with van der Waals surface area (Å²) in [5.74, 6) is -1.78. The van der Waals surface area contributed by atoms with E-state index in [0.717, 1.165) is 12.8 Å². The third-order valence-electron chi connectivity index (χ3n) is 7.30. The lowest BCUT2D eigenvalue weighted by molar-refractivity contribution is 0.0255. The molecule has 1 aromatic heterocycles. The molecule has 0 saturated heterocycles. The van der Waals surface area contributed by atoms with Gasteiger partial charge in [-0.05, 0) is 30.0 Å². The molecule has 1 spiro atoms. The van der Waals surface area contributed by atoms with Crippen molar-refractivity contribution in [3.8, 4) is 28.4 Å². The number of pyridine rings is 1. The quantitative estimate of drug-likeness (QED) is 0.208. The van der Waals surface area contributed by atoms with E-state index in [4.69, 9.17) is 30.5 Å². The van der Waals surface area contributed by atoms with Gasteiger partial charge in [-0.2, -0.15) is 0 Å². The molecule has 0 fully saturated rings. The Morgan fingerprint density at radius 1 is 1.08 bits per heavy atom. The number of rotatable bonds is 7. The number of ketones is 2. The molecule has 0 bridgehead atoms.